The number of fused-ring (bicyclic) bond motifs is 1. The molecule has 3 rings (SSSR count). The lowest BCUT2D eigenvalue weighted by Crippen LogP contribution is -2.14. The van der Waals surface area contributed by atoms with E-state index in [2.05, 4.69) is 0 Å². The van der Waals surface area contributed by atoms with Gasteiger partial charge in [-0.05, 0) is 36.2 Å². The third-order valence-corrected chi connectivity index (χ3v) is 4.07. The molecule has 1 unspecified atom stereocenters. The van der Waals surface area contributed by atoms with Gasteiger partial charge in [-0.15, -0.1) is 0 Å². The molecule has 4 heteroatoms. The fraction of sp³-hybridized carbons (Fsp3) is 0.211. The molecule has 23 heavy (non-hydrogen) atoms. The summed E-state index contributed by atoms with van der Waals surface area (Å²) in [4.78, 5) is 12.4. The van der Waals surface area contributed by atoms with Crippen LogP contribution in [0.2, 0.25) is 0 Å². The van der Waals surface area contributed by atoms with Gasteiger partial charge in [-0.1, -0.05) is 31.2 Å². The molecule has 3 aromatic rings. The molecule has 0 aliphatic carbocycles. The molecule has 1 heterocycles. The molecule has 4 nitrogen and oxygen atoms in total. The lowest BCUT2D eigenvalue weighted by atomic mass is 9.89. The Morgan fingerprint density at radius 3 is 2.70 bits per heavy atom. The Kier molecular flexibility index (Phi) is 4.06. The van der Waals surface area contributed by atoms with E-state index in [-0.39, 0.29) is 11.7 Å². The van der Waals surface area contributed by atoms with Crippen LogP contribution >= 0.6 is 0 Å². The zero-order valence-electron chi connectivity index (χ0n) is 13.1. The standard InChI is InChI=1S/C19H18O4/c1-3-14(12-7-6-8-13(11-12)22-2)17-18(20)15-9-4-5-10-16(15)23-19(17)21/h4-11,14,20H,3H2,1-2H3. The molecular formula is C19H18O4. The van der Waals surface area contributed by atoms with E-state index in [4.69, 9.17) is 9.15 Å². The minimum absolute atomic E-state index is 0.00785. The third kappa shape index (κ3) is 2.68. The van der Waals surface area contributed by atoms with Crippen LogP contribution in [0, 0.1) is 0 Å². The van der Waals surface area contributed by atoms with Gasteiger partial charge in [0.25, 0.3) is 0 Å². The van der Waals surface area contributed by atoms with E-state index < -0.39 is 5.63 Å². The molecule has 0 spiro atoms. The van der Waals surface area contributed by atoms with Gasteiger partial charge in [0.1, 0.15) is 17.1 Å². The SMILES string of the molecule is CCC(c1cccc(OC)c1)c1c(O)c2ccccc2oc1=O. The monoisotopic (exact) mass is 310 g/mol. The topological polar surface area (TPSA) is 59.7 Å². The Morgan fingerprint density at radius 1 is 1.17 bits per heavy atom. The number of hydrogen-bond acceptors (Lipinski definition) is 4. The number of benzene rings is 2. The largest absolute Gasteiger partial charge is 0.507 e. The van der Waals surface area contributed by atoms with Crippen molar-refractivity contribution in [1.29, 1.82) is 0 Å². The minimum atomic E-state index is -0.504. The zero-order chi connectivity index (χ0) is 16.4. The van der Waals surface area contributed by atoms with Gasteiger partial charge in [0.15, 0.2) is 0 Å². The zero-order valence-corrected chi connectivity index (χ0v) is 13.1. The lowest BCUT2D eigenvalue weighted by Gasteiger charge is -2.17. The van der Waals surface area contributed by atoms with E-state index >= 15 is 0 Å². The molecule has 1 atom stereocenters. The smallest absolute Gasteiger partial charge is 0.343 e. The number of ether oxygens (including phenoxy) is 1. The maximum absolute atomic E-state index is 12.4. The van der Waals surface area contributed by atoms with Crippen molar-refractivity contribution in [2.75, 3.05) is 7.11 Å². The van der Waals surface area contributed by atoms with Crippen LogP contribution < -0.4 is 10.4 Å². The summed E-state index contributed by atoms with van der Waals surface area (Å²) < 4.78 is 10.6. The van der Waals surface area contributed by atoms with E-state index in [1.807, 2.05) is 31.2 Å². The maximum Gasteiger partial charge on any atom is 0.343 e. The molecule has 1 N–H and O–H groups in total. The van der Waals surface area contributed by atoms with Crippen molar-refractivity contribution in [2.45, 2.75) is 19.3 Å². The predicted molar refractivity (Wildman–Crippen MR) is 89.3 cm³/mol. The molecule has 0 amide bonds. The third-order valence-electron chi connectivity index (χ3n) is 4.07. The van der Waals surface area contributed by atoms with E-state index in [0.717, 1.165) is 5.56 Å². The molecule has 0 aliphatic heterocycles. The van der Waals surface area contributed by atoms with Crippen molar-refractivity contribution in [3.63, 3.8) is 0 Å². The summed E-state index contributed by atoms with van der Waals surface area (Å²) in [5, 5.41) is 11.2. The van der Waals surface area contributed by atoms with Crippen LogP contribution in [-0.4, -0.2) is 12.2 Å². The molecule has 0 bridgehead atoms. The molecule has 1 aromatic heterocycles. The number of para-hydroxylation sites is 1. The van der Waals surface area contributed by atoms with Crippen LogP contribution in [0.25, 0.3) is 11.0 Å². The summed E-state index contributed by atoms with van der Waals surface area (Å²) in [6.07, 6.45) is 0.657. The quantitative estimate of drug-likeness (QED) is 0.739. The first-order valence-electron chi connectivity index (χ1n) is 7.54. The first kappa shape index (κ1) is 15.2. The first-order chi connectivity index (χ1) is 11.2. The minimum Gasteiger partial charge on any atom is -0.507 e. The van der Waals surface area contributed by atoms with Gasteiger partial charge in [-0.2, -0.15) is 0 Å². The highest BCUT2D eigenvalue weighted by atomic mass is 16.5. The Bertz CT molecular complexity index is 895. The summed E-state index contributed by atoms with van der Waals surface area (Å²) in [5.41, 5.74) is 1.08. The summed E-state index contributed by atoms with van der Waals surface area (Å²) in [7, 11) is 1.60. The van der Waals surface area contributed by atoms with Crippen molar-refractivity contribution in [3.05, 3.63) is 70.1 Å². The van der Waals surface area contributed by atoms with Crippen LogP contribution in [0.5, 0.6) is 11.5 Å². The Hall–Kier alpha value is -2.75. The highest BCUT2D eigenvalue weighted by Crippen LogP contribution is 2.36. The molecule has 0 saturated heterocycles. The summed E-state index contributed by atoms with van der Waals surface area (Å²) >= 11 is 0. The van der Waals surface area contributed by atoms with Crippen molar-refractivity contribution >= 4 is 11.0 Å². The normalized spacial score (nSPS) is 12.3. The molecule has 0 radical (unpaired) electrons. The first-order valence-corrected chi connectivity index (χ1v) is 7.54. The summed E-state index contributed by atoms with van der Waals surface area (Å²) in [5.74, 6) is 0.447. The second-order valence-electron chi connectivity index (χ2n) is 5.39. The molecule has 2 aromatic carbocycles. The molecule has 0 saturated carbocycles. The van der Waals surface area contributed by atoms with E-state index in [1.54, 1.807) is 31.4 Å². The van der Waals surface area contributed by atoms with Crippen molar-refractivity contribution in [1.82, 2.24) is 0 Å². The number of methoxy groups -OCH3 is 1. The van der Waals surface area contributed by atoms with Gasteiger partial charge in [-0.25, -0.2) is 4.79 Å². The maximum atomic E-state index is 12.4. The Morgan fingerprint density at radius 2 is 1.96 bits per heavy atom. The van der Waals surface area contributed by atoms with Crippen LogP contribution in [0.1, 0.15) is 30.4 Å². The average Bonchev–Trinajstić information content (AvgIpc) is 2.58. The van der Waals surface area contributed by atoms with E-state index in [9.17, 15) is 9.90 Å². The van der Waals surface area contributed by atoms with Crippen LogP contribution in [0.3, 0.4) is 0 Å². The fourth-order valence-corrected chi connectivity index (χ4v) is 2.92. The average molecular weight is 310 g/mol. The number of hydrogen-bond donors (Lipinski definition) is 1. The fourth-order valence-electron chi connectivity index (χ4n) is 2.92. The van der Waals surface area contributed by atoms with Crippen LogP contribution in [-0.2, 0) is 0 Å². The van der Waals surface area contributed by atoms with Crippen molar-refractivity contribution < 1.29 is 14.3 Å². The van der Waals surface area contributed by atoms with Gasteiger partial charge in [-0.3, -0.25) is 0 Å². The summed E-state index contributed by atoms with van der Waals surface area (Å²) in [6, 6.07) is 14.5. The van der Waals surface area contributed by atoms with Crippen molar-refractivity contribution in [2.24, 2.45) is 0 Å². The second-order valence-corrected chi connectivity index (χ2v) is 5.39. The van der Waals surface area contributed by atoms with Gasteiger partial charge in [0.2, 0.25) is 0 Å². The van der Waals surface area contributed by atoms with E-state index in [0.29, 0.717) is 28.7 Å². The number of rotatable bonds is 4. The number of aromatic hydroxyl groups is 1. The van der Waals surface area contributed by atoms with Gasteiger partial charge in [0, 0.05) is 5.92 Å². The van der Waals surface area contributed by atoms with Gasteiger partial charge < -0.3 is 14.3 Å². The molecule has 0 fully saturated rings. The second kappa shape index (κ2) is 6.16. The van der Waals surface area contributed by atoms with E-state index in [1.165, 1.54) is 0 Å². The lowest BCUT2D eigenvalue weighted by molar-refractivity contribution is 0.413. The van der Waals surface area contributed by atoms with Gasteiger partial charge >= 0.3 is 5.63 Å². The van der Waals surface area contributed by atoms with Crippen molar-refractivity contribution in [3.8, 4) is 11.5 Å². The van der Waals surface area contributed by atoms with Crippen LogP contribution in [0.15, 0.2) is 57.7 Å². The Balaban J connectivity index is 2.22. The molecule has 118 valence electrons. The Labute approximate surface area is 134 Å². The van der Waals surface area contributed by atoms with Gasteiger partial charge in [0.05, 0.1) is 18.1 Å². The highest BCUT2D eigenvalue weighted by Gasteiger charge is 2.23. The van der Waals surface area contributed by atoms with Crippen LogP contribution in [0.4, 0.5) is 0 Å². The predicted octanol–water partition coefficient (Wildman–Crippen LogP) is 4.05. The summed E-state index contributed by atoms with van der Waals surface area (Å²) in [6.45, 7) is 1.97. The molecular weight excluding hydrogens is 292 g/mol. The highest BCUT2D eigenvalue weighted by molar-refractivity contribution is 5.84. The molecule has 0 aliphatic rings.